The van der Waals surface area contributed by atoms with E-state index in [4.69, 9.17) is 14.2 Å². The van der Waals surface area contributed by atoms with Gasteiger partial charge in [-0.25, -0.2) is 0 Å². The largest absolute Gasteiger partial charge is 0.462 e. The van der Waals surface area contributed by atoms with Crippen LogP contribution in [-0.4, -0.2) is 37.2 Å². The molecule has 0 N–H and O–H groups in total. The Morgan fingerprint density at radius 2 is 0.545 bits per heavy atom. The molecule has 0 aliphatic rings. The zero-order chi connectivity index (χ0) is 55.7. The van der Waals surface area contributed by atoms with Gasteiger partial charge in [-0.3, -0.25) is 14.4 Å². The number of carbonyl (C=O) groups excluding carboxylic acids is 3. The molecular weight excluding hydrogens is 949 g/mol. The molecule has 0 fully saturated rings. The summed E-state index contributed by atoms with van der Waals surface area (Å²) in [5.41, 5.74) is 0. The van der Waals surface area contributed by atoms with Crippen LogP contribution < -0.4 is 0 Å². The van der Waals surface area contributed by atoms with E-state index in [-0.39, 0.29) is 31.6 Å². The summed E-state index contributed by atoms with van der Waals surface area (Å²) in [5, 5.41) is 0. The second-order valence-corrected chi connectivity index (χ2v) is 20.9. The van der Waals surface area contributed by atoms with Crippen molar-refractivity contribution in [3.8, 4) is 0 Å². The lowest BCUT2D eigenvalue weighted by atomic mass is 10.0. The van der Waals surface area contributed by atoms with Crippen LogP contribution in [0.3, 0.4) is 0 Å². The van der Waals surface area contributed by atoms with Crippen molar-refractivity contribution in [1.29, 1.82) is 0 Å². The van der Waals surface area contributed by atoms with Gasteiger partial charge < -0.3 is 14.2 Å². The van der Waals surface area contributed by atoms with Crippen LogP contribution in [0.4, 0.5) is 0 Å². The van der Waals surface area contributed by atoms with Crippen molar-refractivity contribution in [2.45, 2.75) is 297 Å². The van der Waals surface area contributed by atoms with E-state index >= 15 is 0 Å². The number of hydrogen-bond donors (Lipinski definition) is 0. The highest BCUT2D eigenvalue weighted by molar-refractivity contribution is 5.72. The van der Waals surface area contributed by atoms with Crippen molar-refractivity contribution in [2.75, 3.05) is 13.2 Å². The lowest BCUT2D eigenvalue weighted by Crippen LogP contribution is -2.30. The molecule has 0 aromatic heterocycles. The van der Waals surface area contributed by atoms with E-state index in [2.05, 4.69) is 130 Å². The molecule has 0 radical (unpaired) electrons. The molecule has 0 spiro atoms. The van der Waals surface area contributed by atoms with Crippen molar-refractivity contribution in [2.24, 2.45) is 0 Å². The Hall–Kier alpha value is -4.19. The predicted octanol–water partition coefficient (Wildman–Crippen LogP) is 22.0. The van der Waals surface area contributed by atoms with E-state index in [1.807, 2.05) is 6.08 Å². The van der Waals surface area contributed by atoms with Crippen LogP contribution in [0.5, 0.6) is 0 Å². The standard InChI is InChI=1S/C71H118O6/c1-4-7-10-13-16-19-22-25-28-29-30-31-32-33-34-35-36-37-38-39-40-41-44-46-49-52-55-58-61-64-70(73)76-67-68(77-71(74)65-62-59-56-53-50-47-43-27-24-21-18-15-12-9-6-3)66-75-69(72)63-60-57-54-51-48-45-42-26-23-20-17-14-11-8-5-2/h7,9-10,12,16,18-19,21,25,27-28,30-31,33-34,43,50,53,59,62,68H,4-6,8,11,13-15,17,20,22-24,26,29,32,35-42,44-49,51-52,54-58,60-61,63-67H2,1-3H3/b10-7-,12-9-,19-16-,21-18-,28-25-,31-30-,34-33-,43-27-,53-50-,62-59-. The summed E-state index contributed by atoms with van der Waals surface area (Å²) >= 11 is 0. The van der Waals surface area contributed by atoms with Crippen molar-refractivity contribution >= 4 is 17.9 Å². The quantitative estimate of drug-likeness (QED) is 0.0261. The average molecular weight is 1070 g/mol. The van der Waals surface area contributed by atoms with Crippen LogP contribution in [0, 0.1) is 0 Å². The van der Waals surface area contributed by atoms with Crippen molar-refractivity contribution in [3.63, 3.8) is 0 Å². The first kappa shape index (κ1) is 72.8. The van der Waals surface area contributed by atoms with Gasteiger partial charge in [-0.2, -0.15) is 0 Å². The van der Waals surface area contributed by atoms with E-state index in [1.165, 1.54) is 148 Å². The summed E-state index contributed by atoms with van der Waals surface area (Å²) in [7, 11) is 0. The number of allylic oxidation sites excluding steroid dienone is 19. The van der Waals surface area contributed by atoms with Gasteiger partial charge in [0, 0.05) is 12.8 Å². The number of rotatable bonds is 57. The second kappa shape index (κ2) is 64.3. The maximum absolute atomic E-state index is 12.8. The number of esters is 3. The van der Waals surface area contributed by atoms with Gasteiger partial charge in [0.05, 0.1) is 6.42 Å². The first-order valence-corrected chi connectivity index (χ1v) is 32.0. The van der Waals surface area contributed by atoms with Crippen LogP contribution >= 0.6 is 0 Å². The minimum atomic E-state index is -0.834. The Labute approximate surface area is 475 Å². The smallest absolute Gasteiger partial charge is 0.310 e. The SMILES string of the molecule is CC/C=C\C/C=C\C/C=C\C/C=C\C/C=C\CCCCCCCCCCCCCCCC(=O)OCC(COC(=O)CCCCCCCCCCCCCCCCC)OC(=O)C/C=C\C/C=C\C/C=C\C/C=C\C/C=C\CC. The predicted molar refractivity (Wildman–Crippen MR) is 334 cm³/mol. The molecule has 6 heteroatoms. The Bertz CT molecular complexity index is 1600. The molecule has 1 atom stereocenters. The summed E-state index contributed by atoms with van der Waals surface area (Å²) < 4.78 is 16.8. The zero-order valence-electron chi connectivity index (χ0n) is 50.2. The van der Waals surface area contributed by atoms with Gasteiger partial charge in [-0.15, -0.1) is 0 Å². The van der Waals surface area contributed by atoms with Crippen LogP contribution in [0.1, 0.15) is 290 Å². The van der Waals surface area contributed by atoms with E-state index in [9.17, 15) is 14.4 Å². The van der Waals surface area contributed by atoms with Crippen molar-refractivity contribution < 1.29 is 28.6 Å². The zero-order valence-corrected chi connectivity index (χ0v) is 50.2. The highest BCUT2D eigenvalue weighted by Crippen LogP contribution is 2.16. The molecule has 0 amide bonds. The van der Waals surface area contributed by atoms with Crippen LogP contribution in [0.15, 0.2) is 122 Å². The third-order valence-electron chi connectivity index (χ3n) is 13.5. The molecule has 0 aromatic carbocycles. The molecule has 0 rings (SSSR count). The molecule has 0 saturated heterocycles. The normalized spacial score (nSPS) is 12.9. The number of ether oxygens (including phenoxy) is 3. The average Bonchev–Trinajstić information content (AvgIpc) is 3.43. The van der Waals surface area contributed by atoms with Gasteiger partial charge in [0.15, 0.2) is 6.10 Å². The van der Waals surface area contributed by atoms with Gasteiger partial charge in [0.1, 0.15) is 13.2 Å². The van der Waals surface area contributed by atoms with Crippen LogP contribution in [0.25, 0.3) is 0 Å². The lowest BCUT2D eigenvalue weighted by molar-refractivity contribution is -0.166. The van der Waals surface area contributed by atoms with Gasteiger partial charge in [0.2, 0.25) is 0 Å². The fourth-order valence-electron chi connectivity index (χ4n) is 8.78. The second-order valence-electron chi connectivity index (χ2n) is 20.9. The molecule has 6 nitrogen and oxygen atoms in total. The Morgan fingerprint density at radius 3 is 0.857 bits per heavy atom. The first-order chi connectivity index (χ1) is 38.0. The molecule has 1 unspecified atom stereocenters. The summed E-state index contributed by atoms with van der Waals surface area (Å²) in [6.45, 7) is 6.35. The number of unbranched alkanes of at least 4 members (excludes halogenated alkanes) is 27. The maximum atomic E-state index is 12.8. The van der Waals surface area contributed by atoms with Crippen molar-refractivity contribution in [1.82, 2.24) is 0 Å². The van der Waals surface area contributed by atoms with Crippen LogP contribution in [0.2, 0.25) is 0 Å². The Kier molecular flexibility index (Phi) is 60.8. The first-order valence-electron chi connectivity index (χ1n) is 32.0. The molecule has 438 valence electrons. The fourth-order valence-corrected chi connectivity index (χ4v) is 8.78. The fraction of sp³-hybridized carbons (Fsp3) is 0.676. The summed E-state index contributed by atoms with van der Waals surface area (Å²) in [6.07, 6.45) is 89.5. The molecule has 0 aromatic rings. The van der Waals surface area contributed by atoms with E-state index in [0.29, 0.717) is 12.8 Å². The van der Waals surface area contributed by atoms with Gasteiger partial charge in [-0.1, -0.05) is 303 Å². The van der Waals surface area contributed by atoms with E-state index in [0.717, 1.165) is 103 Å². The molecule has 77 heavy (non-hydrogen) atoms. The van der Waals surface area contributed by atoms with Gasteiger partial charge in [0.25, 0.3) is 0 Å². The Morgan fingerprint density at radius 1 is 0.286 bits per heavy atom. The highest BCUT2D eigenvalue weighted by atomic mass is 16.6. The summed E-state index contributed by atoms with van der Waals surface area (Å²) in [5.74, 6) is -1.04. The van der Waals surface area contributed by atoms with Crippen LogP contribution in [-0.2, 0) is 28.6 Å². The number of carbonyl (C=O) groups is 3. The summed E-state index contributed by atoms with van der Waals surface area (Å²) in [6, 6.07) is 0. The van der Waals surface area contributed by atoms with E-state index in [1.54, 1.807) is 6.08 Å². The monoisotopic (exact) mass is 1070 g/mol. The highest BCUT2D eigenvalue weighted by Gasteiger charge is 2.19. The minimum Gasteiger partial charge on any atom is -0.462 e. The number of hydrogen-bond acceptors (Lipinski definition) is 6. The van der Waals surface area contributed by atoms with Crippen molar-refractivity contribution in [3.05, 3.63) is 122 Å². The molecular formula is C71H118O6. The third-order valence-corrected chi connectivity index (χ3v) is 13.5. The van der Waals surface area contributed by atoms with E-state index < -0.39 is 12.1 Å². The van der Waals surface area contributed by atoms with Gasteiger partial charge >= 0.3 is 17.9 Å². The molecule has 0 saturated carbocycles. The molecule has 0 aliphatic heterocycles. The lowest BCUT2D eigenvalue weighted by Gasteiger charge is -2.18. The topological polar surface area (TPSA) is 78.9 Å². The molecule has 0 heterocycles. The Balaban J connectivity index is 4.33. The van der Waals surface area contributed by atoms with Gasteiger partial charge in [-0.05, 0) is 89.9 Å². The maximum Gasteiger partial charge on any atom is 0.310 e. The molecule has 0 bridgehead atoms. The third kappa shape index (κ3) is 62.5. The summed E-state index contributed by atoms with van der Waals surface area (Å²) in [4.78, 5) is 38.2. The minimum absolute atomic E-state index is 0.0957. The molecule has 0 aliphatic carbocycles.